The molecule has 3 heterocycles. The Morgan fingerprint density at radius 1 is 1.24 bits per heavy atom. The number of carbonyl (C=O) groups is 2. The van der Waals surface area contributed by atoms with Gasteiger partial charge in [-0.25, -0.2) is 9.37 Å². The number of nitrogens with zero attached hydrogens (tertiary/aromatic N) is 2. The van der Waals surface area contributed by atoms with Crippen molar-refractivity contribution < 1.29 is 27.9 Å². The van der Waals surface area contributed by atoms with Crippen molar-refractivity contribution in [3.8, 4) is 5.75 Å². The van der Waals surface area contributed by atoms with Crippen molar-refractivity contribution in [1.82, 2.24) is 15.2 Å². The number of aromatic nitrogens is 1. The van der Waals surface area contributed by atoms with Gasteiger partial charge in [0.05, 0.1) is 12.1 Å². The second-order valence-corrected chi connectivity index (χ2v) is 10.0. The van der Waals surface area contributed by atoms with Crippen LogP contribution in [-0.4, -0.2) is 47.5 Å². The highest BCUT2D eigenvalue weighted by Gasteiger charge is 2.33. The van der Waals surface area contributed by atoms with Crippen molar-refractivity contribution in [2.75, 3.05) is 19.7 Å². The van der Waals surface area contributed by atoms with Crippen molar-refractivity contribution in [2.24, 2.45) is 5.92 Å². The van der Waals surface area contributed by atoms with Crippen LogP contribution in [0.2, 0.25) is 0 Å². The molecule has 2 aliphatic heterocycles. The molecule has 200 valence electrons. The van der Waals surface area contributed by atoms with Crippen LogP contribution in [0.15, 0.2) is 53.1 Å². The molecule has 8 nitrogen and oxygen atoms in total. The summed E-state index contributed by atoms with van der Waals surface area (Å²) in [7, 11) is 0. The lowest BCUT2D eigenvalue weighted by atomic mass is 9.87. The molecule has 0 aliphatic carbocycles. The summed E-state index contributed by atoms with van der Waals surface area (Å²) in [5.74, 6) is -0.0130. The topological polar surface area (TPSA) is 93.9 Å². The van der Waals surface area contributed by atoms with Gasteiger partial charge in [0, 0.05) is 25.6 Å². The number of carbonyl (C=O) groups excluding carboxylic acids is 2. The van der Waals surface area contributed by atoms with E-state index < -0.39 is 6.04 Å². The van der Waals surface area contributed by atoms with E-state index in [0.717, 1.165) is 30.6 Å². The minimum Gasteiger partial charge on any atom is -0.484 e. The number of oxazole rings is 1. The highest BCUT2D eigenvalue weighted by Crippen LogP contribution is 2.38. The Morgan fingerprint density at radius 2 is 2.11 bits per heavy atom. The van der Waals surface area contributed by atoms with Gasteiger partial charge in [0.25, 0.3) is 5.91 Å². The fourth-order valence-corrected chi connectivity index (χ4v) is 5.02. The summed E-state index contributed by atoms with van der Waals surface area (Å²) in [4.78, 5) is 31.5. The minimum absolute atomic E-state index is 0.0151. The fourth-order valence-electron chi connectivity index (χ4n) is 5.02. The molecule has 0 unspecified atom stereocenters. The van der Waals surface area contributed by atoms with E-state index in [1.807, 2.05) is 43.0 Å². The number of benzene rings is 2. The van der Waals surface area contributed by atoms with Gasteiger partial charge in [0.15, 0.2) is 12.3 Å². The first-order valence-corrected chi connectivity index (χ1v) is 13.0. The number of ether oxygens (including phenoxy) is 2. The summed E-state index contributed by atoms with van der Waals surface area (Å²) >= 11 is 0. The van der Waals surface area contributed by atoms with Crippen LogP contribution < -0.4 is 10.1 Å². The molecule has 2 atom stereocenters. The zero-order valence-corrected chi connectivity index (χ0v) is 21.6. The Kier molecular flexibility index (Phi) is 7.74. The molecule has 38 heavy (non-hydrogen) atoms. The maximum atomic E-state index is 14.2. The van der Waals surface area contributed by atoms with E-state index in [2.05, 4.69) is 10.3 Å². The Labute approximate surface area is 221 Å². The van der Waals surface area contributed by atoms with Crippen molar-refractivity contribution in [3.05, 3.63) is 82.8 Å². The van der Waals surface area contributed by atoms with Crippen LogP contribution in [0.1, 0.15) is 65.8 Å². The van der Waals surface area contributed by atoms with Crippen LogP contribution in [0, 0.1) is 11.7 Å². The van der Waals surface area contributed by atoms with Crippen molar-refractivity contribution in [1.29, 1.82) is 0 Å². The molecule has 0 spiro atoms. The zero-order chi connectivity index (χ0) is 26.6. The highest BCUT2D eigenvalue weighted by molar-refractivity contribution is 5.91. The van der Waals surface area contributed by atoms with Crippen LogP contribution in [0.5, 0.6) is 5.75 Å². The maximum Gasteiger partial charge on any atom is 0.273 e. The normalized spacial score (nSPS) is 18.9. The van der Waals surface area contributed by atoms with E-state index in [1.165, 1.54) is 18.4 Å². The third kappa shape index (κ3) is 5.72. The van der Waals surface area contributed by atoms with Crippen molar-refractivity contribution in [2.45, 2.75) is 51.9 Å². The molecular formula is C29H32FN3O5. The van der Waals surface area contributed by atoms with E-state index in [0.29, 0.717) is 30.8 Å². The Bertz CT molecular complexity index is 1300. The van der Waals surface area contributed by atoms with Gasteiger partial charge < -0.3 is 24.1 Å². The quantitative estimate of drug-likeness (QED) is 0.471. The van der Waals surface area contributed by atoms with Crippen molar-refractivity contribution in [3.63, 3.8) is 0 Å². The smallest absolute Gasteiger partial charge is 0.273 e. The third-order valence-electron chi connectivity index (χ3n) is 6.95. The average molecular weight is 522 g/mol. The van der Waals surface area contributed by atoms with Crippen LogP contribution in [0.4, 0.5) is 4.39 Å². The Balaban J connectivity index is 1.31. The molecule has 5 rings (SSSR count). The summed E-state index contributed by atoms with van der Waals surface area (Å²) in [6.45, 7) is 5.48. The monoisotopic (exact) mass is 521 g/mol. The summed E-state index contributed by atoms with van der Waals surface area (Å²) in [6.07, 6.45) is 3.99. The summed E-state index contributed by atoms with van der Waals surface area (Å²) in [5.41, 5.74) is 2.88. The summed E-state index contributed by atoms with van der Waals surface area (Å²) < 4.78 is 31.1. The standard InChI is InChI=1S/C29H32FN3O5/c1-18(2)29(35)33-11-10-19-8-9-22(14-24(19)27(33)20-5-3-6-21(30)13-20)37-17-26-32-25(16-38-26)28(34)31-15-23-7-4-12-36-23/h3,5-6,8-9,13-14,16,18,23,27H,4,7,10-12,15,17H2,1-2H3,(H,31,34)/t23-,27-/m0/s1. The predicted octanol–water partition coefficient (Wildman–Crippen LogP) is 4.43. The second kappa shape index (κ2) is 11.3. The molecule has 0 radical (unpaired) electrons. The number of fused-ring (bicyclic) bond motifs is 1. The van der Waals surface area contributed by atoms with Gasteiger partial charge in [-0.15, -0.1) is 0 Å². The first kappa shape index (κ1) is 25.9. The van der Waals surface area contributed by atoms with E-state index in [9.17, 15) is 14.0 Å². The fraction of sp³-hybridized carbons (Fsp3) is 0.414. The number of hydrogen-bond donors (Lipinski definition) is 1. The molecule has 1 saturated heterocycles. The van der Waals surface area contributed by atoms with Gasteiger partial charge in [0.2, 0.25) is 11.8 Å². The van der Waals surface area contributed by atoms with Gasteiger partial charge in [-0.2, -0.15) is 0 Å². The molecule has 2 aromatic carbocycles. The van der Waals surface area contributed by atoms with Gasteiger partial charge in [-0.05, 0) is 60.2 Å². The molecule has 0 saturated carbocycles. The van der Waals surface area contributed by atoms with E-state index in [-0.39, 0.29) is 47.8 Å². The van der Waals surface area contributed by atoms with Crippen LogP contribution >= 0.6 is 0 Å². The Hall–Kier alpha value is -3.72. The molecule has 2 amide bonds. The molecule has 0 bridgehead atoms. The van der Waals surface area contributed by atoms with Gasteiger partial charge >= 0.3 is 0 Å². The molecular weight excluding hydrogens is 489 g/mol. The zero-order valence-electron chi connectivity index (χ0n) is 21.6. The molecule has 3 aromatic rings. The maximum absolute atomic E-state index is 14.2. The largest absolute Gasteiger partial charge is 0.484 e. The number of nitrogens with one attached hydrogen (secondary N) is 1. The van der Waals surface area contributed by atoms with E-state index >= 15 is 0 Å². The lowest BCUT2D eigenvalue weighted by molar-refractivity contribution is -0.136. The second-order valence-electron chi connectivity index (χ2n) is 10.0. The number of rotatable bonds is 8. The number of halogens is 1. The van der Waals surface area contributed by atoms with E-state index in [1.54, 1.807) is 6.07 Å². The molecule has 9 heteroatoms. The molecule has 1 aromatic heterocycles. The van der Waals surface area contributed by atoms with Crippen molar-refractivity contribution >= 4 is 11.8 Å². The number of hydrogen-bond acceptors (Lipinski definition) is 6. The summed E-state index contributed by atoms with van der Waals surface area (Å²) in [5, 5.41) is 2.82. The van der Waals surface area contributed by atoms with Crippen LogP contribution in [0.3, 0.4) is 0 Å². The lowest BCUT2D eigenvalue weighted by Gasteiger charge is -2.39. The minimum atomic E-state index is -0.422. The molecule has 1 N–H and O–H groups in total. The average Bonchev–Trinajstić information content (AvgIpc) is 3.62. The molecule has 2 aliphatic rings. The van der Waals surface area contributed by atoms with Gasteiger partial charge in [-0.1, -0.05) is 32.0 Å². The first-order valence-electron chi connectivity index (χ1n) is 13.0. The number of amides is 2. The third-order valence-corrected chi connectivity index (χ3v) is 6.95. The SMILES string of the molecule is CC(C)C(=O)N1CCc2ccc(OCc3nc(C(=O)NC[C@@H]4CCCO4)co3)cc2[C@@H]1c1cccc(F)c1. The Morgan fingerprint density at radius 3 is 2.87 bits per heavy atom. The van der Waals surface area contributed by atoms with Crippen LogP contribution in [-0.2, 0) is 22.6 Å². The van der Waals surface area contributed by atoms with Crippen LogP contribution in [0.25, 0.3) is 0 Å². The highest BCUT2D eigenvalue weighted by atomic mass is 19.1. The predicted molar refractivity (Wildman–Crippen MR) is 137 cm³/mol. The lowest BCUT2D eigenvalue weighted by Crippen LogP contribution is -2.42. The summed E-state index contributed by atoms with van der Waals surface area (Å²) in [6, 6.07) is 11.7. The van der Waals surface area contributed by atoms with E-state index in [4.69, 9.17) is 13.9 Å². The van der Waals surface area contributed by atoms with Gasteiger partial charge in [0.1, 0.15) is 17.8 Å². The molecule has 1 fully saturated rings. The van der Waals surface area contributed by atoms with Gasteiger partial charge in [-0.3, -0.25) is 9.59 Å². The first-order chi connectivity index (χ1) is 18.4.